The molecule has 1 N–H and O–H groups in total. The molecule has 0 aliphatic rings. The summed E-state index contributed by atoms with van der Waals surface area (Å²) in [6.07, 6.45) is 0.866. The van der Waals surface area contributed by atoms with Crippen molar-refractivity contribution in [2.45, 2.75) is 45.7 Å². The lowest BCUT2D eigenvalue weighted by atomic mass is 9.98. The van der Waals surface area contributed by atoms with Crippen LogP contribution in [0.3, 0.4) is 0 Å². The number of carbonyl (C=O) groups is 1. The Morgan fingerprint density at radius 3 is 2.48 bits per heavy atom. The van der Waals surface area contributed by atoms with Crippen molar-refractivity contribution in [1.29, 1.82) is 0 Å². The van der Waals surface area contributed by atoms with Crippen molar-refractivity contribution in [1.82, 2.24) is 9.38 Å². The maximum absolute atomic E-state index is 12.9. The number of alkyl halides is 3. The standard InChI is InChI=1S/C22H24F3N3O/c1-3-5-8-15(4-2)21(29)27-20-19(26-18-9-6-7-14-28(18)20)16-10-12-17(13-11-16)22(23,24)25/h6-7,9-15H,3-5,8H2,1-2H3,(H,27,29). The number of nitrogens with one attached hydrogen (secondary N) is 1. The van der Waals surface area contributed by atoms with Crippen LogP contribution in [0.15, 0.2) is 48.7 Å². The van der Waals surface area contributed by atoms with Gasteiger partial charge in [0.05, 0.1) is 5.56 Å². The molecule has 154 valence electrons. The summed E-state index contributed by atoms with van der Waals surface area (Å²) in [5.41, 5.74) is 0.850. The van der Waals surface area contributed by atoms with Crippen LogP contribution in [0.25, 0.3) is 16.9 Å². The smallest absolute Gasteiger partial charge is 0.310 e. The van der Waals surface area contributed by atoms with Gasteiger partial charge < -0.3 is 5.32 Å². The number of benzene rings is 1. The number of rotatable bonds is 7. The van der Waals surface area contributed by atoms with E-state index in [4.69, 9.17) is 0 Å². The number of carbonyl (C=O) groups excluding carboxylic acids is 1. The van der Waals surface area contributed by atoms with Gasteiger partial charge in [-0.3, -0.25) is 9.20 Å². The maximum atomic E-state index is 12.9. The third-order valence-corrected chi connectivity index (χ3v) is 5.03. The first-order chi connectivity index (χ1) is 13.8. The van der Waals surface area contributed by atoms with Crippen LogP contribution in [-0.2, 0) is 11.0 Å². The number of hydrogen-bond acceptors (Lipinski definition) is 2. The molecule has 2 aromatic heterocycles. The number of pyridine rings is 1. The molecular formula is C22H24F3N3O. The normalized spacial score (nSPS) is 12.9. The third kappa shape index (κ3) is 4.60. The average Bonchev–Trinajstić information content (AvgIpc) is 3.06. The van der Waals surface area contributed by atoms with Crippen LogP contribution in [0.1, 0.15) is 45.1 Å². The molecule has 1 unspecified atom stereocenters. The lowest BCUT2D eigenvalue weighted by Gasteiger charge is -2.15. The highest BCUT2D eigenvalue weighted by Gasteiger charge is 2.30. The minimum Gasteiger partial charge on any atom is -0.310 e. The van der Waals surface area contributed by atoms with E-state index in [1.807, 2.05) is 19.1 Å². The fourth-order valence-corrected chi connectivity index (χ4v) is 3.32. The lowest BCUT2D eigenvalue weighted by molar-refractivity contribution is -0.137. The molecule has 0 bridgehead atoms. The Bertz CT molecular complexity index is 977. The van der Waals surface area contributed by atoms with Crippen LogP contribution in [0.4, 0.5) is 19.0 Å². The third-order valence-electron chi connectivity index (χ3n) is 5.03. The predicted octanol–water partition coefficient (Wildman–Crippen LogP) is 6.18. The molecule has 2 heterocycles. The van der Waals surface area contributed by atoms with E-state index in [-0.39, 0.29) is 11.8 Å². The molecule has 7 heteroatoms. The van der Waals surface area contributed by atoms with E-state index in [0.717, 1.165) is 37.8 Å². The number of nitrogens with zero attached hydrogens (tertiary/aromatic N) is 2. The van der Waals surface area contributed by atoms with Crippen molar-refractivity contribution in [3.05, 3.63) is 54.2 Å². The number of amides is 1. The Balaban J connectivity index is 1.99. The van der Waals surface area contributed by atoms with E-state index in [1.165, 1.54) is 12.1 Å². The van der Waals surface area contributed by atoms with Gasteiger partial charge in [0.15, 0.2) is 0 Å². The lowest BCUT2D eigenvalue weighted by Crippen LogP contribution is -2.23. The number of unbranched alkanes of at least 4 members (excludes halogenated alkanes) is 1. The number of aromatic nitrogens is 2. The van der Waals surface area contributed by atoms with Gasteiger partial charge in [0.25, 0.3) is 0 Å². The van der Waals surface area contributed by atoms with Crippen LogP contribution in [0.2, 0.25) is 0 Å². The highest BCUT2D eigenvalue weighted by atomic mass is 19.4. The van der Waals surface area contributed by atoms with Gasteiger partial charge in [-0.2, -0.15) is 13.2 Å². The molecule has 0 fully saturated rings. The molecule has 1 atom stereocenters. The largest absolute Gasteiger partial charge is 0.416 e. The molecule has 1 aromatic carbocycles. The van der Waals surface area contributed by atoms with Gasteiger partial charge in [0.2, 0.25) is 5.91 Å². The van der Waals surface area contributed by atoms with E-state index in [9.17, 15) is 18.0 Å². The fourth-order valence-electron chi connectivity index (χ4n) is 3.32. The number of hydrogen-bond donors (Lipinski definition) is 1. The second-order valence-corrected chi connectivity index (χ2v) is 7.05. The molecule has 0 spiro atoms. The molecule has 1 amide bonds. The van der Waals surface area contributed by atoms with Crippen molar-refractivity contribution in [3.8, 4) is 11.3 Å². The van der Waals surface area contributed by atoms with Gasteiger partial charge in [0, 0.05) is 17.7 Å². The van der Waals surface area contributed by atoms with Crippen LogP contribution >= 0.6 is 0 Å². The molecule has 0 saturated carbocycles. The summed E-state index contributed by atoms with van der Waals surface area (Å²) >= 11 is 0. The zero-order valence-corrected chi connectivity index (χ0v) is 16.5. The van der Waals surface area contributed by atoms with Gasteiger partial charge in [-0.05, 0) is 37.1 Å². The zero-order chi connectivity index (χ0) is 21.0. The van der Waals surface area contributed by atoms with Crippen molar-refractivity contribution in [3.63, 3.8) is 0 Å². The summed E-state index contributed by atoms with van der Waals surface area (Å²) in [4.78, 5) is 17.4. The Morgan fingerprint density at radius 1 is 1.14 bits per heavy atom. The van der Waals surface area contributed by atoms with Crippen molar-refractivity contribution >= 4 is 17.4 Å². The van der Waals surface area contributed by atoms with E-state index in [2.05, 4.69) is 17.2 Å². The summed E-state index contributed by atoms with van der Waals surface area (Å²) in [5, 5.41) is 2.98. The minimum atomic E-state index is -4.40. The van der Waals surface area contributed by atoms with Crippen LogP contribution in [0.5, 0.6) is 0 Å². The molecule has 4 nitrogen and oxygen atoms in total. The number of anilines is 1. The second kappa shape index (κ2) is 8.68. The number of imidazole rings is 1. The number of fused-ring (bicyclic) bond motifs is 1. The number of halogens is 3. The van der Waals surface area contributed by atoms with E-state index >= 15 is 0 Å². The minimum absolute atomic E-state index is 0.0974. The molecule has 0 aliphatic heterocycles. The van der Waals surface area contributed by atoms with Gasteiger partial charge in [0.1, 0.15) is 17.2 Å². The molecule has 29 heavy (non-hydrogen) atoms. The molecular weight excluding hydrogens is 379 g/mol. The molecule has 0 radical (unpaired) electrons. The maximum Gasteiger partial charge on any atom is 0.416 e. The van der Waals surface area contributed by atoms with E-state index in [1.54, 1.807) is 16.7 Å². The fraction of sp³-hybridized carbons (Fsp3) is 0.364. The average molecular weight is 403 g/mol. The molecule has 0 aliphatic carbocycles. The first-order valence-electron chi connectivity index (χ1n) is 9.80. The van der Waals surface area contributed by atoms with Crippen molar-refractivity contribution in [2.24, 2.45) is 5.92 Å². The molecule has 0 saturated heterocycles. The van der Waals surface area contributed by atoms with E-state index < -0.39 is 11.7 Å². The summed E-state index contributed by atoms with van der Waals surface area (Å²) in [6.45, 7) is 4.06. The van der Waals surface area contributed by atoms with Gasteiger partial charge in [-0.1, -0.05) is 44.9 Å². The summed E-state index contributed by atoms with van der Waals surface area (Å²) in [6, 6.07) is 10.2. The highest BCUT2D eigenvalue weighted by molar-refractivity contribution is 5.96. The Hall–Kier alpha value is -2.83. The van der Waals surface area contributed by atoms with Crippen molar-refractivity contribution < 1.29 is 18.0 Å². The summed E-state index contributed by atoms with van der Waals surface area (Å²) < 4.78 is 40.4. The monoisotopic (exact) mass is 403 g/mol. The summed E-state index contributed by atoms with van der Waals surface area (Å²) in [7, 11) is 0. The Morgan fingerprint density at radius 2 is 1.86 bits per heavy atom. The van der Waals surface area contributed by atoms with Crippen LogP contribution < -0.4 is 5.32 Å². The second-order valence-electron chi connectivity index (χ2n) is 7.05. The molecule has 3 rings (SSSR count). The van der Waals surface area contributed by atoms with Crippen LogP contribution in [-0.4, -0.2) is 15.3 Å². The first-order valence-corrected chi connectivity index (χ1v) is 9.80. The highest BCUT2D eigenvalue weighted by Crippen LogP contribution is 2.33. The first kappa shape index (κ1) is 20.9. The van der Waals surface area contributed by atoms with Gasteiger partial charge in [-0.15, -0.1) is 0 Å². The van der Waals surface area contributed by atoms with Crippen molar-refractivity contribution in [2.75, 3.05) is 5.32 Å². The van der Waals surface area contributed by atoms with Gasteiger partial charge in [-0.25, -0.2) is 4.98 Å². The Labute approximate surface area is 167 Å². The van der Waals surface area contributed by atoms with Gasteiger partial charge >= 0.3 is 6.18 Å². The topological polar surface area (TPSA) is 46.4 Å². The molecule has 3 aromatic rings. The van der Waals surface area contributed by atoms with Crippen LogP contribution in [0, 0.1) is 5.92 Å². The SMILES string of the molecule is CCCCC(CC)C(=O)Nc1c(-c2ccc(C(F)(F)F)cc2)nc2ccccn12. The zero-order valence-electron chi connectivity index (χ0n) is 16.5. The predicted molar refractivity (Wildman–Crippen MR) is 108 cm³/mol. The van der Waals surface area contributed by atoms with E-state index in [0.29, 0.717) is 22.7 Å². The quantitative estimate of drug-likeness (QED) is 0.512. The summed E-state index contributed by atoms with van der Waals surface area (Å²) in [5.74, 6) is 0.254. The Kier molecular flexibility index (Phi) is 6.25.